The lowest BCUT2D eigenvalue weighted by atomic mass is 10.2. The molecule has 0 aliphatic heterocycles. The van der Waals surface area contributed by atoms with Gasteiger partial charge in [-0.1, -0.05) is 12.1 Å². The van der Waals surface area contributed by atoms with Crippen molar-refractivity contribution in [3.63, 3.8) is 0 Å². The standard InChI is InChI=1S/C14H11N3S/c1-9-7-13(18-2)10(8-15)14-16-11-5-3-4-6-12(11)17(9)14/h3-7H,1-2H3. The molecule has 3 nitrogen and oxygen atoms in total. The van der Waals surface area contributed by atoms with E-state index in [2.05, 4.69) is 11.1 Å². The van der Waals surface area contributed by atoms with Gasteiger partial charge in [0.15, 0.2) is 5.65 Å². The first-order chi connectivity index (χ1) is 8.76. The Kier molecular flexibility index (Phi) is 2.49. The van der Waals surface area contributed by atoms with Crippen molar-refractivity contribution in [3.8, 4) is 6.07 Å². The molecular weight excluding hydrogens is 242 g/mol. The van der Waals surface area contributed by atoms with E-state index in [1.54, 1.807) is 11.8 Å². The molecule has 0 radical (unpaired) electrons. The molecule has 1 aromatic carbocycles. The Morgan fingerprint density at radius 2 is 2.11 bits per heavy atom. The summed E-state index contributed by atoms with van der Waals surface area (Å²) in [4.78, 5) is 5.57. The number of hydrogen-bond acceptors (Lipinski definition) is 3. The van der Waals surface area contributed by atoms with Crippen LogP contribution in [0.15, 0.2) is 35.2 Å². The predicted octanol–water partition coefficient (Wildman–Crippen LogP) is 3.39. The Hall–Kier alpha value is -1.99. The first-order valence-electron chi connectivity index (χ1n) is 5.61. The number of nitrogens with zero attached hydrogens (tertiary/aromatic N) is 3. The fourth-order valence-corrected chi connectivity index (χ4v) is 2.88. The van der Waals surface area contributed by atoms with Crippen LogP contribution in [-0.2, 0) is 0 Å². The van der Waals surface area contributed by atoms with E-state index in [4.69, 9.17) is 0 Å². The highest BCUT2D eigenvalue weighted by molar-refractivity contribution is 7.98. The Balaban J connectivity index is 2.59. The Bertz CT molecular complexity index is 796. The smallest absolute Gasteiger partial charge is 0.157 e. The largest absolute Gasteiger partial charge is 0.296 e. The lowest BCUT2D eigenvalue weighted by Crippen LogP contribution is -1.96. The van der Waals surface area contributed by atoms with E-state index in [9.17, 15) is 5.26 Å². The van der Waals surface area contributed by atoms with E-state index in [1.165, 1.54) is 0 Å². The minimum atomic E-state index is 0.657. The summed E-state index contributed by atoms with van der Waals surface area (Å²) in [7, 11) is 0. The van der Waals surface area contributed by atoms with E-state index in [0.29, 0.717) is 5.56 Å². The average molecular weight is 253 g/mol. The van der Waals surface area contributed by atoms with Crippen molar-refractivity contribution in [2.24, 2.45) is 0 Å². The van der Waals surface area contributed by atoms with Crippen LogP contribution < -0.4 is 0 Å². The molecule has 88 valence electrons. The second-order valence-electron chi connectivity index (χ2n) is 4.10. The average Bonchev–Trinajstić information content (AvgIpc) is 2.78. The normalized spacial score (nSPS) is 10.9. The van der Waals surface area contributed by atoms with Crippen LogP contribution in [0.3, 0.4) is 0 Å². The van der Waals surface area contributed by atoms with Gasteiger partial charge in [0.25, 0.3) is 0 Å². The predicted molar refractivity (Wildman–Crippen MR) is 73.9 cm³/mol. The van der Waals surface area contributed by atoms with Crippen molar-refractivity contribution < 1.29 is 0 Å². The number of aromatic nitrogens is 2. The van der Waals surface area contributed by atoms with Gasteiger partial charge in [0, 0.05) is 10.6 Å². The zero-order valence-corrected chi connectivity index (χ0v) is 11.0. The highest BCUT2D eigenvalue weighted by atomic mass is 32.2. The summed E-state index contributed by atoms with van der Waals surface area (Å²) in [6, 6.07) is 12.3. The first kappa shape index (κ1) is 11.1. The molecule has 0 amide bonds. The minimum Gasteiger partial charge on any atom is -0.296 e. The summed E-state index contributed by atoms with van der Waals surface area (Å²) < 4.78 is 2.05. The Morgan fingerprint density at radius 3 is 2.83 bits per heavy atom. The van der Waals surface area contributed by atoms with Crippen LogP contribution in [-0.4, -0.2) is 15.6 Å². The number of benzene rings is 1. The van der Waals surface area contributed by atoms with Crippen LogP contribution >= 0.6 is 11.8 Å². The molecule has 3 rings (SSSR count). The van der Waals surface area contributed by atoms with Gasteiger partial charge >= 0.3 is 0 Å². The summed E-state index contributed by atoms with van der Waals surface area (Å²) in [5, 5.41) is 9.35. The van der Waals surface area contributed by atoms with Crippen LogP contribution in [0.2, 0.25) is 0 Å². The molecule has 0 aliphatic rings. The molecule has 0 spiro atoms. The highest BCUT2D eigenvalue weighted by Gasteiger charge is 2.14. The maximum atomic E-state index is 9.35. The second kappa shape index (κ2) is 4.04. The van der Waals surface area contributed by atoms with Crippen LogP contribution in [0.5, 0.6) is 0 Å². The first-order valence-corrected chi connectivity index (χ1v) is 6.83. The van der Waals surface area contributed by atoms with E-state index >= 15 is 0 Å². The van der Waals surface area contributed by atoms with Crippen molar-refractivity contribution in [3.05, 3.63) is 41.6 Å². The van der Waals surface area contributed by atoms with E-state index in [0.717, 1.165) is 27.3 Å². The number of thioether (sulfide) groups is 1. The molecule has 2 aromatic heterocycles. The molecule has 2 heterocycles. The third-order valence-corrected chi connectivity index (χ3v) is 3.82. The van der Waals surface area contributed by atoms with Gasteiger partial charge in [0.1, 0.15) is 11.6 Å². The van der Waals surface area contributed by atoms with Gasteiger partial charge in [0.2, 0.25) is 0 Å². The molecule has 0 N–H and O–H groups in total. The van der Waals surface area contributed by atoms with Crippen molar-refractivity contribution in [2.45, 2.75) is 11.8 Å². The molecule has 0 aliphatic carbocycles. The number of aryl methyl sites for hydroxylation is 1. The number of imidazole rings is 1. The molecule has 3 aromatic rings. The number of rotatable bonds is 1. The van der Waals surface area contributed by atoms with Crippen molar-refractivity contribution in [2.75, 3.05) is 6.26 Å². The topological polar surface area (TPSA) is 41.1 Å². The molecule has 4 heteroatoms. The van der Waals surface area contributed by atoms with Crippen LogP contribution in [0.4, 0.5) is 0 Å². The van der Waals surface area contributed by atoms with Crippen LogP contribution in [0.25, 0.3) is 16.7 Å². The molecule has 18 heavy (non-hydrogen) atoms. The quantitative estimate of drug-likeness (QED) is 0.624. The van der Waals surface area contributed by atoms with Gasteiger partial charge in [-0.15, -0.1) is 11.8 Å². The van der Waals surface area contributed by atoms with Gasteiger partial charge in [-0.2, -0.15) is 5.26 Å². The number of hydrogen-bond donors (Lipinski definition) is 0. The Morgan fingerprint density at radius 1 is 1.33 bits per heavy atom. The van der Waals surface area contributed by atoms with Crippen molar-refractivity contribution >= 4 is 28.4 Å². The van der Waals surface area contributed by atoms with Gasteiger partial charge in [-0.05, 0) is 31.4 Å². The minimum absolute atomic E-state index is 0.657. The number of nitriles is 1. The van der Waals surface area contributed by atoms with Gasteiger partial charge in [-0.3, -0.25) is 4.40 Å². The highest BCUT2D eigenvalue weighted by Crippen LogP contribution is 2.28. The molecule has 0 fully saturated rings. The van der Waals surface area contributed by atoms with Crippen LogP contribution in [0, 0.1) is 18.3 Å². The molecular formula is C14H11N3S. The fraction of sp³-hybridized carbons (Fsp3) is 0.143. The van der Waals surface area contributed by atoms with Crippen molar-refractivity contribution in [1.82, 2.24) is 9.38 Å². The summed E-state index contributed by atoms with van der Waals surface area (Å²) in [6.45, 7) is 2.04. The number of pyridine rings is 1. The number of para-hydroxylation sites is 2. The molecule has 0 saturated carbocycles. The maximum absolute atomic E-state index is 9.35. The summed E-state index contributed by atoms with van der Waals surface area (Å²) in [6.07, 6.45) is 1.98. The zero-order chi connectivity index (χ0) is 12.7. The summed E-state index contributed by atoms with van der Waals surface area (Å²) in [5.74, 6) is 0. The van der Waals surface area contributed by atoms with E-state index in [1.807, 2.05) is 47.9 Å². The Labute approximate surface area is 109 Å². The summed E-state index contributed by atoms with van der Waals surface area (Å²) >= 11 is 1.58. The second-order valence-corrected chi connectivity index (χ2v) is 4.95. The SMILES string of the molecule is CSc1cc(C)n2c(nc3ccccc32)c1C#N. The van der Waals surface area contributed by atoms with Gasteiger partial charge < -0.3 is 0 Å². The van der Waals surface area contributed by atoms with Crippen LogP contribution in [0.1, 0.15) is 11.3 Å². The molecule has 0 unspecified atom stereocenters. The molecule has 0 atom stereocenters. The molecule has 0 bridgehead atoms. The van der Waals surface area contributed by atoms with E-state index in [-0.39, 0.29) is 0 Å². The zero-order valence-electron chi connectivity index (χ0n) is 10.1. The number of fused-ring (bicyclic) bond motifs is 3. The maximum Gasteiger partial charge on any atom is 0.157 e. The van der Waals surface area contributed by atoms with Crippen molar-refractivity contribution in [1.29, 1.82) is 5.26 Å². The lowest BCUT2D eigenvalue weighted by molar-refractivity contribution is 1.09. The lowest BCUT2D eigenvalue weighted by Gasteiger charge is -2.06. The monoisotopic (exact) mass is 253 g/mol. The van der Waals surface area contributed by atoms with E-state index < -0.39 is 0 Å². The molecule has 0 saturated heterocycles. The third kappa shape index (κ3) is 1.41. The van der Waals surface area contributed by atoms with Gasteiger partial charge in [-0.25, -0.2) is 4.98 Å². The van der Waals surface area contributed by atoms with Gasteiger partial charge in [0.05, 0.1) is 11.0 Å². The fourth-order valence-electron chi connectivity index (χ4n) is 2.25. The summed E-state index contributed by atoms with van der Waals surface area (Å²) in [5.41, 5.74) is 4.49. The third-order valence-electron chi connectivity index (χ3n) is 3.06.